The van der Waals surface area contributed by atoms with Crippen LogP contribution in [0.1, 0.15) is 62.3 Å². The zero-order valence-electron chi connectivity index (χ0n) is 24.4. The monoisotopic (exact) mass is 523 g/mol. The zero-order valence-corrected chi connectivity index (χ0v) is 24.4. The van der Waals surface area contributed by atoms with Crippen LogP contribution in [-0.4, -0.2) is 108 Å². The molecule has 0 aliphatic heterocycles. The quantitative estimate of drug-likeness (QED) is 0.165. The minimum absolute atomic E-state index is 0.00339. The van der Waals surface area contributed by atoms with Crippen LogP contribution in [0, 0.1) is 7.11 Å². The topological polar surface area (TPSA) is 83.1 Å². The van der Waals surface area contributed by atoms with Crippen molar-refractivity contribution < 1.29 is 42.6 Å². The summed E-state index contributed by atoms with van der Waals surface area (Å²) in [5.41, 5.74) is 0. The maximum absolute atomic E-state index is 5.87. The van der Waals surface area contributed by atoms with E-state index in [0.717, 1.165) is 0 Å². The standard InChI is InChI=1S/C27H55O9/c1-11-29-21(3)13-31-23(5)15-33-25(7)17-35-27(9)19-36-26(8)18-34-24(6)16-32-22(4)14-30-20(2)12-28-10/h20-27H,10-19H2,1-9H3/q+1/t20-,21+,22-,23+,24+,25-,26+,27-/m1/s1. The van der Waals surface area contributed by atoms with Crippen LogP contribution in [-0.2, 0) is 42.6 Å². The molecular weight excluding hydrogens is 468 g/mol. The Balaban J connectivity index is 3.84. The maximum Gasteiger partial charge on any atom is 0.213 e. The van der Waals surface area contributed by atoms with Crippen molar-refractivity contribution in [3.05, 3.63) is 7.11 Å². The van der Waals surface area contributed by atoms with Gasteiger partial charge in [-0.1, -0.05) is 0 Å². The predicted octanol–water partition coefficient (Wildman–Crippen LogP) is 4.06. The van der Waals surface area contributed by atoms with Crippen molar-refractivity contribution in [2.45, 2.75) is 111 Å². The Morgan fingerprint density at radius 2 is 0.556 bits per heavy atom. The van der Waals surface area contributed by atoms with Gasteiger partial charge in [0.2, 0.25) is 7.11 Å². The molecule has 0 fully saturated rings. The lowest BCUT2D eigenvalue weighted by atomic mass is 10.3. The highest BCUT2D eigenvalue weighted by molar-refractivity contribution is 4.59. The van der Waals surface area contributed by atoms with Gasteiger partial charge in [-0.3, -0.25) is 0 Å². The summed E-state index contributed by atoms with van der Waals surface area (Å²) in [6, 6.07) is 0. The summed E-state index contributed by atoms with van der Waals surface area (Å²) in [4.78, 5) is 0. The van der Waals surface area contributed by atoms with E-state index in [9.17, 15) is 0 Å². The molecule has 0 saturated carbocycles. The molecule has 0 rings (SSSR count). The molecule has 0 spiro atoms. The maximum atomic E-state index is 5.87. The molecule has 216 valence electrons. The lowest BCUT2D eigenvalue weighted by Gasteiger charge is -2.23. The van der Waals surface area contributed by atoms with Crippen LogP contribution in [0.3, 0.4) is 0 Å². The highest BCUT2D eigenvalue weighted by atomic mass is 16.6. The molecule has 0 radical (unpaired) electrons. The van der Waals surface area contributed by atoms with Gasteiger partial charge in [-0.05, 0) is 62.3 Å². The molecule has 9 nitrogen and oxygen atoms in total. The summed E-state index contributed by atoms with van der Waals surface area (Å²) in [5, 5.41) is 0. The summed E-state index contributed by atoms with van der Waals surface area (Å²) in [7, 11) is 3.35. The van der Waals surface area contributed by atoms with E-state index in [4.69, 9.17) is 42.6 Å². The van der Waals surface area contributed by atoms with Gasteiger partial charge in [0.25, 0.3) is 0 Å². The second-order valence-electron chi connectivity index (χ2n) is 9.64. The van der Waals surface area contributed by atoms with Gasteiger partial charge < -0.3 is 37.9 Å². The largest absolute Gasteiger partial charge is 0.376 e. The van der Waals surface area contributed by atoms with Crippen molar-refractivity contribution in [2.24, 2.45) is 0 Å². The van der Waals surface area contributed by atoms with E-state index in [1.807, 2.05) is 62.3 Å². The Kier molecular flexibility index (Phi) is 22.2. The Hall–Kier alpha value is -0.490. The molecule has 0 heterocycles. The molecule has 8 atom stereocenters. The summed E-state index contributed by atoms with van der Waals surface area (Å²) >= 11 is 0. The number of rotatable bonds is 25. The van der Waals surface area contributed by atoms with Gasteiger partial charge in [-0.15, -0.1) is 0 Å². The highest BCUT2D eigenvalue weighted by Gasteiger charge is 2.14. The fourth-order valence-corrected chi connectivity index (χ4v) is 2.93. The Bertz CT molecular complexity index is 440. The van der Waals surface area contributed by atoms with Crippen LogP contribution in [0.25, 0.3) is 0 Å². The fraction of sp³-hybridized carbons (Fsp3) is 0.963. The third kappa shape index (κ3) is 21.6. The number of ether oxygens (including phenoxy) is 9. The van der Waals surface area contributed by atoms with Gasteiger partial charge in [-0.2, -0.15) is 4.74 Å². The smallest absolute Gasteiger partial charge is 0.213 e. The Morgan fingerprint density at radius 3 is 0.750 bits per heavy atom. The van der Waals surface area contributed by atoms with Gasteiger partial charge in [0.15, 0.2) is 0 Å². The Morgan fingerprint density at radius 1 is 0.361 bits per heavy atom. The van der Waals surface area contributed by atoms with Crippen LogP contribution in [0.5, 0.6) is 0 Å². The average Bonchev–Trinajstić information content (AvgIpc) is 2.84. The van der Waals surface area contributed by atoms with Crippen molar-refractivity contribution in [3.8, 4) is 0 Å². The first-order chi connectivity index (χ1) is 17.1. The van der Waals surface area contributed by atoms with Crippen LogP contribution in [0.4, 0.5) is 0 Å². The lowest BCUT2D eigenvalue weighted by molar-refractivity contribution is -0.109. The van der Waals surface area contributed by atoms with Gasteiger partial charge in [0, 0.05) is 6.61 Å². The zero-order chi connectivity index (χ0) is 27.3. The summed E-state index contributed by atoms with van der Waals surface area (Å²) in [5.74, 6) is 0. The summed E-state index contributed by atoms with van der Waals surface area (Å²) in [6.07, 6.45) is -0.108. The van der Waals surface area contributed by atoms with E-state index in [2.05, 4.69) is 7.11 Å². The molecule has 0 N–H and O–H groups in total. The van der Waals surface area contributed by atoms with Gasteiger partial charge in [0.1, 0.15) is 6.61 Å². The minimum Gasteiger partial charge on any atom is -0.376 e. The highest BCUT2D eigenvalue weighted by Crippen LogP contribution is 2.05. The van der Waals surface area contributed by atoms with Crippen LogP contribution < -0.4 is 0 Å². The van der Waals surface area contributed by atoms with Gasteiger partial charge in [0.05, 0.1) is 95.1 Å². The normalized spacial score (nSPS) is 18.8. The van der Waals surface area contributed by atoms with E-state index in [1.165, 1.54) is 0 Å². The van der Waals surface area contributed by atoms with E-state index in [0.29, 0.717) is 59.5 Å². The van der Waals surface area contributed by atoms with Crippen molar-refractivity contribution >= 4 is 0 Å². The molecule has 0 aromatic carbocycles. The molecule has 36 heavy (non-hydrogen) atoms. The van der Waals surface area contributed by atoms with Crippen molar-refractivity contribution in [3.63, 3.8) is 0 Å². The second-order valence-corrected chi connectivity index (χ2v) is 9.64. The summed E-state index contributed by atoms with van der Waals surface area (Å²) in [6.45, 7) is 22.5. The van der Waals surface area contributed by atoms with Gasteiger partial charge in [-0.25, -0.2) is 0 Å². The van der Waals surface area contributed by atoms with Gasteiger partial charge >= 0.3 is 0 Å². The molecule has 0 saturated heterocycles. The first-order valence-electron chi connectivity index (χ1n) is 13.4. The van der Waals surface area contributed by atoms with E-state index in [-0.39, 0.29) is 48.8 Å². The molecular formula is C27H55O9+. The molecule has 0 unspecified atom stereocenters. The third-order valence-corrected chi connectivity index (χ3v) is 5.11. The number of hydrogen-bond acceptors (Lipinski definition) is 9. The molecule has 0 aliphatic rings. The molecule has 0 amide bonds. The second kappa shape index (κ2) is 22.5. The van der Waals surface area contributed by atoms with Crippen molar-refractivity contribution in [2.75, 3.05) is 59.5 Å². The van der Waals surface area contributed by atoms with E-state index >= 15 is 0 Å². The molecule has 0 aromatic rings. The molecule has 0 aliphatic carbocycles. The SMILES string of the molecule is [CH2+]OC[C@@H](C)OC[C@@H](C)OC[C@H](C)OC[C@H](C)OC[C@@H](C)OC[C@@H](C)OC[C@H](C)OC[C@H](C)OCC. The first-order valence-corrected chi connectivity index (χ1v) is 13.4. The predicted molar refractivity (Wildman–Crippen MR) is 140 cm³/mol. The van der Waals surface area contributed by atoms with E-state index < -0.39 is 0 Å². The fourth-order valence-electron chi connectivity index (χ4n) is 2.93. The molecule has 0 bridgehead atoms. The van der Waals surface area contributed by atoms with Crippen LogP contribution in [0.2, 0.25) is 0 Å². The summed E-state index contributed by atoms with van der Waals surface area (Å²) < 4.78 is 50.9. The van der Waals surface area contributed by atoms with E-state index in [1.54, 1.807) is 0 Å². The van der Waals surface area contributed by atoms with Crippen molar-refractivity contribution in [1.29, 1.82) is 0 Å². The minimum atomic E-state index is -0.0477. The first kappa shape index (κ1) is 35.5. The lowest BCUT2D eigenvalue weighted by Crippen LogP contribution is -2.30. The third-order valence-electron chi connectivity index (χ3n) is 5.11. The van der Waals surface area contributed by atoms with Crippen LogP contribution >= 0.6 is 0 Å². The molecule has 0 aromatic heterocycles. The van der Waals surface area contributed by atoms with Crippen molar-refractivity contribution in [1.82, 2.24) is 0 Å². The van der Waals surface area contributed by atoms with Crippen LogP contribution in [0.15, 0.2) is 0 Å². The Labute approximate surface area is 220 Å². The number of hydrogen-bond donors (Lipinski definition) is 0. The molecule has 9 heteroatoms. The average molecular weight is 524 g/mol.